The second-order valence-electron chi connectivity index (χ2n) is 6.16. The number of nitrogens with zero attached hydrogens (tertiary/aromatic N) is 4. The third kappa shape index (κ3) is 4.24. The molecule has 1 aromatic rings. The largest absolute Gasteiger partial charge is 0.306 e. The van der Waals surface area contributed by atoms with E-state index in [4.69, 9.17) is 5.26 Å². The summed E-state index contributed by atoms with van der Waals surface area (Å²) in [5, 5.41) is 18.7. The first-order valence-electron chi connectivity index (χ1n) is 7.58. The van der Waals surface area contributed by atoms with Crippen LogP contribution in [0.3, 0.4) is 0 Å². The molecule has 110 valence electrons. The highest BCUT2D eigenvalue weighted by atomic mass is 32.2. The molecule has 1 aromatic heterocycles. The first kappa shape index (κ1) is 15.4. The minimum absolute atomic E-state index is 0.184. The maximum Gasteiger partial charge on any atom is 0.191 e. The lowest BCUT2D eigenvalue weighted by atomic mass is 9.89. The van der Waals surface area contributed by atoms with Gasteiger partial charge >= 0.3 is 0 Å². The molecule has 0 bridgehead atoms. The van der Waals surface area contributed by atoms with Gasteiger partial charge in [0.1, 0.15) is 5.82 Å². The van der Waals surface area contributed by atoms with Crippen LogP contribution in [-0.4, -0.2) is 20.5 Å². The van der Waals surface area contributed by atoms with Crippen LogP contribution < -0.4 is 0 Å². The molecule has 0 unspecified atom stereocenters. The summed E-state index contributed by atoms with van der Waals surface area (Å²) in [6.07, 6.45) is 8.08. The standard InChI is InChI=1S/C15H24N4S/c1-15(2,12-16)9-5-7-11-20-14-18-17-13-8-4-3-6-10-19(13)14/h3-11H2,1-2H3. The molecular formula is C15H24N4S. The molecule has 0 aliphatic carbocycles. The molecular weight excluding hydrogens is 268 g/mol. The Balaban J connectivity index is 1.75. The first-order chi connectivity index (χ1) is 9.62. The summed E-state index contributed by atoms with van der Waals surface area (Å²) in [7, 11) is 0. The summed E-state index contributed by atoms with van der Waals surface area (Å²) in [5.74, 6) is 2.23. The highest BCUT2D eigenvalue weighted by molar-refractivity contribution is 7.99. The van der Waals surface area contributed by atoms with E-state index in [-0.39, 0.29) is 5.41 Å². The van der Waals surface area contributed by atoms with E-state index in [1.54, 1.807) is 0 Å². The molecule has 0 atom stereocenters. The molecule has 5 heteroatoms. The van der Waals surface area contributed by atoms with Crippen LogP contribution in [0.15, 0.2) is 5.16 Å². The van der Waals surface area contributed by atoms with Crippen LogP contribution in [0.5, 0.6) is 0 Å². The molecule has 1 aliphatic rings. The molecule has 0 fully saturated rings. The molecule has 0 saturated carbocycles. The Morgan fingerprint density at radius 3 is 2.90 bits per heavy atom. The van der Waals surface area contributed by atoms with E-state index in [1.807, 2.05) is 25.6 Å². The molecule has 0 spiro atoms. The summed E-state index contributed by atoms with van der Waals surface area (Å²) >= 11 is 1.82. The molecule has 2 heterocycles. The predicted molar refractivity (Wildman–Crippen MR) is 81.5 cm³/mol. The fourth-order valence-corrected chi connectivity index (χ4v) is 3.44. The summed E-state index contributed by atoms with van der Waals surface area (Å²) in [4.78, 5) is 0. The molecule has 4 nitrogen and oxygen atoms in total. The molecule has 0 saturated heterocycles. The van der Waals surface area contributed by atoms with Gasteiger partial charge in [-0.1, -0.05) is 24.6 Å². The number of fused-ring (bicyclic) bond motifs is 1. The van der Waals surface area contributed by atoms with Crippen LogP contribution in [0.2, 0.25) is 0 Å². The summed E-state index contributed by atoms with van der Waals surface area (Å²) in [5.41, 5.74) is -0.184. The van der Waals surface area contributed by atoms with Crippen LogP contribution >= 0.6 is 11.8 Å². The maximum atomic E-state index is 8.98. The van der Waals surface area contributed by atoms with E-state index in [0.29, 0.717) is 0 Å². The maximum absolute atomic E-state index is 8.98. The van der Waals surface area contributed by atoms with Gasteiger partial charge in [-0.15, -0.1) is 10.2 Å². The van der Waals surface area contributed by atoms with E-state index in [0.717, 1.165) is 49.0 Å². The van der Waals surface area contributed by atoms with Crippen molar-refractivity contribution in [1.29, 1.82) is 5.26 Å². The first-order valence-corrected chi connectivity index (χ1v) is 8.57. The zero-order valence-electron chi connectivity index (χ0n) is 12.6. The topological polar surface area (TPSA) is 54.5 Å². The number of nitriles is 1. The summed E-state index contributed by atoms with van der Waals surface area (Å²) in [6.45, 7) is 5.10. The van der Waals surface area contributed by atoms with E-state index in [2.05, 4.69) is 20.8 Å². The number of hydrogen-bond acceptors (Lipinski definition) is 4. The minimum atomic E-state index is -0.184. The Bertz CT molecular complexity index is 473. The van der Waals surface area contributed by atoms with Crippen LogP contribution in [0, 0.1) is 16.7 Å². The Hall–Kier alpha value is -1.02. The lowest BCUT2D eigenvalue weighted by Gasteiger charge is -2.14. The van der Waals surface area contributed by atoms with Gasteiger partial charge in [-0.25, -0.2) is 0 Å². The molecule has 0 amide bonds. The predicted octanol–water partition coefficient (Wildman–Crippen LogP) is 3.82. The summed E-state index contributed by atoms with van der Waals surface area (Å²) < 4.78 is 2.30. The zero-order valence-corrected chi connectivity index (χ0v) is 13.4. The normalized spacial score (nSPS) is 15.4. The number of aromatic nitrogens is 3. The average Bonchev–Trinajstić information content (AvgIpc) is 2.67. The van der Waals surface area contributed by atoms with Gasteiger partial charge in [0, 0.05) is 18.7 Å². The van der Waals surface area contributed by atoms with Gasteiger partial charge in [0.2, 0.25) is 0 Å². The fraction of sp³-hybridized carbons (Fsp3) is 0.800. The van der Waals surface area contributed by atoms with E-state index >= 15 is 0 Å². The van der Waals surface area contributed by atoms with Crippen LogP contribution in [0.1, 0.15) is 58.2 Å². The fourth-order valence-electron chi connectivity index (χ4n) is 2.45. The third-order valence-electron chi connectivity index (χ3n) is 3.81. The Labute approximate surface area is 126 Å². The quantitative estimate of drug-likeness (QED) is 0.591. The highest BCUT2D eigenvalue weighted by Crippen LogP contribution is 2.25. The smallest absolute Gasteiger partial charge is 0.191 e. The van der Waals surface area contributed by atoms with Gasteiger partial charge in [0.05, 0.1) is 11.5 Å². The number of unbranched alkanes of at least 4 members (excludes halogenated alkanes) is 1. The second kappa shape index (κ2) is 7.12. The second-order valence-corrected chi connectivity index (χ2v) is 7.22. The van der Waals surface area contributed by atoms with Crippen molar-refractivity contribution in [3.63, 3.8) is 0 Å². The number of thioether (sulfide) groups is 1. The SMILES string of the molecule is CC(C)(C#N)CCCCSc1nnc2n1CCCCC2. The Kier molecular flexibility index (Phi) is 5.47. The molecule has 0 N–H and O–H groups in total. The zero-order chi connectivity index (χ0) is 14.4. The molecule has 1 aliphatic heterocycles. The van der Waals surface area contributed by atoms with Crippen LogP contribution in [-0.2, 0) is 13.0 Å². The minimum Gasteiger partial charge on any atom is -0.306 e. The molecule has 0 aromatic carbocycles. The number of hydrogen-bond donors (Lipinski definition) is 0. The summed E-state index contributed by atoms with van der Waals surface area (Å²) in [6, 6.07) is 2.36. The van der Waals surface area contributed by atoms with Crippen molar-refractivity contribution in [2.24, 2.45) is 5.41 Å². The van der Waals surface area contributed by atoms with E-state index < -0.39 is 0 Å². The van der Waals surface area contributed by atoms with Crippen molar-refractivity contribution in [3.8, 4) is 6.07 Å². The van der Waals surface area contributed by atoms with Crippen molar-refractivity contribution < 1.29 is 0 Å². The van der Waals surface area contributed by atoms with Crippen molar-refractivity contribution in [2.75, 3.05) is 5.75 Å². The van der Waals surface area contributed by atoms with Gasteiger partial charge in [-0.2, -0.15) is 5.26 Å². The van der Waals surface area contributed by atoms with Crippen molar-refractivity contribution in [3.05, 3.63) is 5.82 Å². The van der Waals surface area contributed by atoms with Crippen molar-refractivity contribution in [2.45, 2.75) is 70.5 Å². The van der Waals surface area contributed by atoms with Gasteiger partial charge in [0.25, 0.3) is 0 Å². The molecule has 2 rings (SSSR count). The van der Waals surface area contributed by atoms with E-state index in [9.17, 15) is 0 Å². The monoisotopic (exact) mass is 292 g/mol. The highest BCUT2D eigenvalue weighted by Gasteiger charge is 2.16. The van der Waals surface area contributed by atoms with Gasteiger partial charge in [-0.05, 0) is 39.5 Å². The average molecular weight is 292 g/mol. The van der Waals surface area contributed by atoms with E-state index in [1.165, 1.54) is 19.3 Å². The molecule has 0 radical (unpaired) electrons. The lowest BCUT2D eigenvalue weighted by molar-refractivity contribution is 0.433. The van der Waals surface area contributed by atoms with Crippen molar-refractivity contribution >= 4 is 11.8 Å². The van der Waals surface area contributed by atoms with Gasteiger partial charge in [0.15, 0.2) is 5.16 Å². The lowest BCUT2D eigenvalue weighted by Crippen LogP contribution is -2.07. The Morgan fingerprint density at radius 1 is 1.25 bits per heavy atom. The third-order valence-corrected chi connectivity index (χ3v) is 4.86. The number of aryl methyl sites for hydroxylation is 1. The van der Waals surface area contributed by atoms with Crippen LogP contribution in [0.25, 0.3) is 0 Å². The van der Waals surface area contributed by atoms with Crippen LogP contribution in [0.4, 0.5) is 0 Å². The Morgan fingerprint density at radius 2 is 2.10 bits per heavy atom. The van der Waals surface area contributed by atoms with Gasteiger partial charge < -0.3 is 4.57 Å². The molecule has 20 heavy (non-hydrogen) atoms. The van der Waals surface area contributed by atoms with Crippen molar-refractivity contribution in [1.82, 2.24) is 14.8 Å². The van der Waals surface area contributed by atoms with Gasteiger partial charge in [-0.3, -0.25) is 0 Å². The number of rotatable bonds is 6.